The van der Waals surface area contributed by atoms with Gasteiger partial charge in [0.15, 0.2) is 15.5 Å². The van der Waals surface area contributed by atoms with Gasteiger partial charge in [0, 0.05) is 11.7 Å². The Bertz CT molecular complexity index is 682. The van der Waals surface area contributed by atoms with Gasteiger partial charge in [-0.1, -0.05) is 0 Å². The summed E-state index contributed by atoms with van der Waals surface area (Å²) in [5.74, 6) is -0.690. The van der Waals surface area contributed by atoms with Crippen molar-refractivity contribution >= 4 is 15.7 Å². The lowest BCUT2D eigenvalue weighted by atomic mass is 10.2. The van der Waals surface area contributed by atoms with Gasteiger partial charge < -0.3 is 5.32 Å². The number of carbonyl (C=O) groups excluding carboxylic acids is 1. The fourth-order valence-electron chi connectivity index (χ4n) is 2.36. The van der Waals surface area contributed by atoms with Crippen molar-refractivity contribution < 1.29 is 26.4 Å². The topological polar surface area (TPSA) is 81.1 Å². The molecule has 1 amide bonds. The number of amides is 1. The average Bonchev–Trinajstić information content (AvgIpc) is 2.91. The molecule has 1 aliphatic heterocycles. The maximum atomic E-state index is 12.6. The molecule has 1 aromatic rings. The molecule has 6 nitrogen and oxygen atoms in total. The lowest BCUT2D eigenvalue weighted by Crippen LogP contribution is -2.40. The molecule has 2 unspecified atom stereocenters. The largest absolute Gasteiger partial charge is 0.435 e. The minimum absolute atomic E-state index is 0.00530. The van der Waals surface area contributed by atoms with Crippen LogP contribution >= 0.6 is 0 Å². The van der Waals surface area contributed by atoms with E-state index >= 15 is 0 Å². The Labute approximate surface area is 125 Å². The van der Waals surface area contributed by atoms with Crippen LogP contribution in [0.4, 0.5) is 13.2 Å². The van der Waals surface area contributed by atoms with Crippen molar-refractivity contribution in [2.45, 2.75) is 38.5 Å². The van der Waals surface area contributed by atoms with Crippen LogP contribution in [-0.4, -0.2) is 41.7 Å². The third kappa shape index (κ3) is 3.60. The molecule has 0 spiro atoms. The van der Waals surface area contributed by atoms with Crippen molar-refractivity contribution in [1.29, 1.82) is 0 Å². The van der Waals surface area contributed by atoms with Crippen molar-refractivity contribution in [1.82, 2.24) is 15.1 Å². The molecule has 10 heteroatoms. The molecule has 0 radical (unpaired) electrons. The molecule has 1 N–H and O–H groups in total. The summed E-state index contributed by atoms with van der Waals surface area (Å²) in [5, 5.41) is 5.97. The van der Waals surface area contributed by atoms with Gasteiger partial charge in [0.1, 0.15) is 6.04 Å². The van der Waals surface area contributed by atoms with Crippen LogP contribution in [0.2, 0.25) is 0 Å². The standard InChI is InChI=1S/C12H16F3N3O3S/c1-7-5-10(12(13,14)15)17-18(7)8(2)11(19)16-9-3-4-22(20,21)6-9/h5,8-9H,3-4,6H2,1-2H3,(H,16,19). The van der Waals surface area contributed by atoms with Gasteiger partial charge >= 0.3 is 6.18 Å². The molecule has 0 saturated carbocycles. The van der Waals surface area contributed by atoms with Gasteiger partial charge in [0.25, 0.3) is 0 Å². The average molecular weight is 339 g/mol. The van der Waals surface area contributed by atoms with Crippen LogP contribution in [0.15, 0.2) is 6.07 Å². The van der Waals surface area contributed by atoms with E-state index in [9.17, 15) is 26.4 Å². The number of nitrogens with one attached hydrogen (secondary N) is 1. The van der Waals surface area contributed by atoms with Gasteiger partial charge in [-0.2, -0.15) is 18.3 Å². The molecule has 2 atom stereocenters. The molecular weight excluding hydrogens is 323 g/mol. The molecule has 2 rings (SSSR count). The molecular formula is C12H16F3N3O3S. The maximum Gasteiger partial charge on any atom is 0.435 e. The number of carbonyl (C=O) groups is 1. The van der Waals surface area contributed by atoms with E-state index in [1.807, 2.05) is 0 Å². The number of alkyl halides is 3. The normalized spacial score (nSPS) is 22.5. The maximum absolute atomic E-state index is 12.6. The van der Waals surface area contributed by atoms with Gasteiger partial charge in [0.2, 0.25) is 5.91 Å². The Balaban J connectivity index is 2.10. The molecule has 1 aromatic heterocycles. The highest BCUT2D eigenvalue weighted by Crippen LogP contribution is 2.29. The summed E-state index contributed by atoms with van der Waals surface area (Å²) in [7, 11) is -3.14. The van der Waals surface area contributed by atoms with Crippen LogP contribution in [0.25, 0.3) is 0 Å². The van der Waals surface area contributed by atoms with E-state index in [0.717, 1.165) is 10.7 Å². The summed E-state index contributed by atoms with van der Waals surface area (Å²) in [4.78, 5) is 12.1. The predicted molar refractivity (Wildman–Crippen MR) is 71.9 cm³/mol. The number of nitrogens with zero attached hydrogens (tertiary/aromatic N) is 2. The highest BCUT2D eigenvalue weighted by Gasteiger charge is 2.36. The summed E-state index contributed by atoms with van der Waals surface area (Å²) < 4.78 is 61.5. The summed E-state index contributed by atoms with van der Waals surface area (Å²) in [6.45, 7) is 2.84. The predicted octanol–water partition coefficient (Wildman–Crippen LogP) is 1.07. The smallest absolute Gasteiger partial charge is 0.350 e. The number of halogens is 3. The summed E-state index contributed by atoms with van der Waals surface area (Å²) in [6, 6.07) is -0.596. The van der Waals surface area contributed by atoms with Crippen molar-refractivity contribution in [3.8, 4) is 0 Å². The van der Waals surface area contributed by atoms with E-state index in [-0.39, 0.29) is 17.2 Å². The number of aryl methyl sites for hydroxylation is 1. The Morgan fingerprint density at radius 3 is 2.59 bits per heavy atom. The van der Waals surface area contributed by atoms with Crippen molar-refractivity contribution in [2.75, 3.05) is 11.5 Å². The van der Waals surface area contributed by atoms with Gasteiger partial charge in [-0.3, -0.25) is 9.48 Å². The Kier molecular flexibility index (Phi) is 4.24. The van der Waals surface area contributed by atoms with Crippen LogP contribution in [0.1, 0.15) is 30.8 Å². The van der Waals surface area contributed by atoms with E-state index in [1.54, 1.807) is 0 Å². The van der Waals surface area contributed by atoms with Gasteiger partial charge in [0.05, 0.1) is 11.5 Å². The molecule has 1 saturated heterocycles. The zero-order chi connectivity index (χ0) is 16.7. The molecule has 0 aliphatic carbocycles. The van der Waals surface area contributed by atoms with Crippen molar-refractivity contribution in [2.24, 2.45) is 0 Å². The first-order valence-electron chi connectivity index (χ1n) is 6.64. The van der Waals surface area contributed by atoms with Crippen molar-refractivity contribution in [3.63, 3.8) is 0 Å². The van der Waals surface area contributed by atoms with Gasteiger partial charge in [-0.25, -0.2) is 8.42 Å². The molecule has 0 bridgehead atoms. The quantitative estimate of drug-likeness (QED) is 0.893. The molecule has 22 heavy (non-hydrogen) atoms. The Hall–Kier alpha value is -1.58. The molecule has 0 aromatic carbocycles. The number of sulfone groups is 1. The van der Waals surface area contributed by atoms with E-state index < -0.39 is 39.7 Å². The fraction of sp³-hybridized carbons (Fsp3) is 0.667. The highest BCUT2D eigenvalue weighted by atomic mass is 32.2. The lowest BCUT2D eigenvalue weighted by Gasteiger charge is -2.17. The van der Waals surface area contributed by atoms with E-state index in [2.05, 4.69) is 10.4 Å². The first kappa shape index (κ1) is 16.8. The molecule has 1 fully saturated rings. The van der Waals surface area contributed by atoms with Crippen LogP contribution in [0.3, 0.4) is 0 Å². The fourth-order valence-corrected chi connectivity index (χ4v) is 4.03. The number of hydrogen-bond acceptors (Lipinski definition) is 4. The summed E-state index contributed by atoms with van der Waals surface area (Å²) in [5.41, 5.74) is -0.859. The van der Waals surface area contributed by atoms with E-state index in [0.29, 0.717) is 6.42 Å². The van der Waals surface area contributed by atoms with Crippen LogP contribution < -0.4 is 5.32 Å². The minimum Gasteiger partial charge on any atom is -0.350 e. The van der Waals surface area contributed by atoms with Gasteiger partial charge in [-0.05, 0) is 26.3 Å². The van der Waals surface area contributed by atoms with Crippen molar-refractivity contribution in [3.05, 3.63) is 17.5 Å². The number of hydrogen-bond donors (Lipinski definition) is 1. The van der Waals surface area contributed by atoms with E-state index in [1.165, 1.54) is 13.8 Å². The Morgan fingerprint density at radius 1 is 1.50 bits per heavy atom. The third-order valence-electron chi connectivity index (χ3n) is 3.54. The first-order chi connectivity index (χ1) is 9.99. The zero-order valence-corrected chi connectivity index (χ0v) is 12.8. The second-order valence-electron chi connectivity index (χ2n) is 5.40. The number of aromatic nitrogens is 2. The molecule has 2 heterocycles. The van der Waals surface area contributed by atoms with Crippen LogP contribution in [-0.2, 0) is 20.8 Å². The monoisotopic (exact) mass is 339 g/mol. The minimum atomic E-state index is -4.58. The molecule has 124 valence electrons. The van der Waals surface area contributed by atoms with Gasteiger partial charge in [-0.15, -0.1) is 0 Å². The second-order valence-corrected chi connectivity index (χ2v) is 7.63. The third-order valence-corrected chi connectivity index (χ3v) is 5.31. The lowest BCUT2D eigenvalue weighted by molar-refractivity contribution is -0.142. The highest BCUT2D eigenvalue weighted by molar-refractivity contribution is 7.91. The second kappa shape index (κ2) is 5.56. The SMILES string of the molecule is Cc1cc(C(F)(F)F)nn1C(C)C(=O)NC1CCS(=O)(=O)C1. The van der Waals surface area contributed by atoms with Crippen LogP contribution in [0, 0.1) is 6.92 Å². The summed E-state index contributed by atoms with van der Waals surface area (Å²) in [6.07, 6.45) is -4.27. The molecule has 1 aliphatic rings. The Morgan fingerprint density at radius 2 is 2.14 bits per heavy atom. The first-order valence-corrected chi connectivity index (χ1v) is 8.46. The van der Waals surface area contributed by atoms with Crippen LogP contribution in [0.5, 0.6) is 0 Å². The summed E-state index contributed by atoms with van der Waals surface area (Å²) >= 11 is 0. The zero-order valence-electron chi connectivity index (χ0n) is 12.0. The van der Waals surface area contributed by atoms with E-state index in [4.69, 9.17) is 0 Å². The number of rotatable bonds is 3.